The molecule has 0 spiro atoms. The van der Waals surface area contributed by atoms with Crippen LogP contribution in [0.15, 0.2) is 48.5 Å². The quantitative estimate of drug-likeness (QED) is 0.110. The average Bonchev–Trinajstić information content (AvgIpc) is 3.07. The maximum absolute atomic E-state index is 11.9. The zero-order valence-electron chi connectivity index (χ0n) is 29.9. The first-order valence-corrected chi connectivity index (χ1v) is 18.9. The largest absolute Gasteiger partial charge is 0.484 e. The lowest BCUT2D eigenvalue weighted by Crippen LogP contribution is -2.55. The van der Waals surface area contributed by atoms with Crippen LogP contribution in [-0.2, 0) is 30.2 Å². The highest BCUT2D eigenvalue weighted by molar-refractivity contribution is 8.00. The molecule has 5 atom stereocenters. The lowest BCUT2D eigenvalue weighted by atomic mass is 9.94. The fourth-order valence-corrected chi connectivity index (χ4v) is 7.15. The number of likely N-dealkylation sites (N-methyl/N-ethyl adjacent to an activating group) is 1. The lowest BCUT2D eigenvalue weighted by molar-refractivity contribution is -0.149. The molecule has 0 saturated carbocycles. The number of unbranched alkanes of at least 4 members (excludes halogenated alkanes) is 4. The Hall–Kier alpha value is -2.10. The Balaban J connectivity index is 1.87. The monoisotopic (exact) mass is 671 g/mol. The van der Waals surface area contributed by atoms with E-state index in [1.54, 1.807) is 14.1 Å². The van der Waals surface area contributed by atoms with Crippen LogP contribution in [0.2, 0.25) is 0 Å². The van der Waals surface area contributed by atoms with Crippen molar-refractivity contribution in [1.29, 1.82) is 0 Å². The summed E-state index contributed by atoms with van der Waals surface area (Å²) in [4.78, 5) is 13.4. The molecular formula is C39H61NO6S. The van der Waals surface area contributed by atoms with Gasteiger partial charge in [0.2, 0.25) is 0 Å². The van der Waals surface area contributed by atoms with Gasteiger partial charge in [0.15, 0.2) is 6.61 Å². The van der Waals surface area contributed by atoms with E-state index in [1.165, 1.54) is 21.6 Å². The molecule has 1 aliphatic heterocycles. The maximum Gasteiger partial charge on any atom is 0.259 e. The van der Waals surface area contributed by atoms with E-state index in [4.69, 9.17) is 23.7 Å². The first-order valence-electron chi connectivity index (χ1n) is 18.0. The molecule has 1 saturated heterocycles. The van der Waals surface area contributed by atoms with Crippen LogP contribution >= 0.6 is 11.8 Å². The summed E-state index contributed by atoms with van der Waals surface area (Å²) in [6.45, 7) is 12.4. The molecule has 1 aliphatic rings. The van der Waals surface area contributed by atoms with Gasteiger partial charge < -0.3 is 28.6 Å². The van der Waals surface area contributed by atoms with Crippen LogP contribution < -0.4 is 4.74 Å². The van der Waals surface area contributed by atoms with Gasteiger partial charge in [0.25, 0.3) is 5.91 Å². The Labute approximate surface area is 289 Å². The van der Waals surface area contributed by atoms with Crippen molar-refractivity contribution in [1.82, 2.24) is 4.90 Å². The Kier molecular flexibility index (Phi) is 18.8. The van der Waals surface area contributed by atoms with Gasteiger partial charge >= 0.3 is 0 Å². The third kappa shape index (κ3) is 13.4. The fourth-order valence-electron chi connectivity index (χ4n) is 5.52. The van der Waals surface area contributed by atoms with Crippen molar-refractivity contribution < 1.29 is 28.5 Å². The molecule has 0 aliphatic carbocycles. The van der Waals surface area contributed by atoms with Crippen LogP contribution in [0.5, 0.6) is 5.75 Å². The summed E-state index contributed by atoms with van der Waals surface area (Å²) >= 11 is 1.94. The minimum absolute atomic E-state index is 0.0350. The maximum atomic E-state index is 11.9. The van der Waals surface area contributed by atoms with Gasteiger partial charge in [0, 0.05) is 40.5 Å². The van der Waals surface area contributed by atoms with Gasteiger partial charge in [0.05, 0.1) is 17.1 Å². The molecule has 0 aromatic heterocycles. The van der Waals surface area contributed by atoms with Gasteiger partial charge in [-0.3, -0.25) is 4.79 Å². The van der Waals surface area contributed by atoms with E-state index in [2.05, 4.69) is 64.1 Å². The zero-order valence-corrected chi connectivity index (χ0v) is 30.7. The predicted molar refractivity (Wildman–Crippen MR) is 194 cm³/mol. The number of carbonyl (C=O) groups is 1. The molecule has 264 valence electrons. The van der Waals surface area contributed by atoms with Crippen LogP contribution in [0.25, 0.3) is 0 Å². The summed E-state index contributed by atoms with van der Waals surface area (Å²) in [5.41, 5.74) is 3.69. The summed E-state index contributed by atoms with van der Waals surface area (Å²) < 4.78 is 32.2. The number of benzene rings is 2. The number of thioether (sulfide) groups is 1. The summed E-state index contributed by atoms with van der Waals surface area (Å²) in [5, 5.41) is 0.233. The van der Waals surface area contributed by atoms with Crippen LogP contribution in [0.4, 0.5) is 0 Å². The second-order valence-electron chi connectivity index (χ2n) is 12.7. The average molecular weight is 672 g/mol. The number of carbonyl (C=O) groups excluding carboxylic acids is 1. The second-order valence-corrected chi connectivity index (χ2v) is 14.1. The summed E-state index contributed by atoms with van der Waals surface area (Å²) in [6, 6.07) is 17.0. The molecule has 47 heavy (non-hydrogen) atoms. The third-order valence-corrected chi connectivity index (χ3v) is 10.0. The molecule has 1 amide bonds. The van der Waals surface area contributed by atoms with Gasteiger partial charge in [-0.15, -0.1) is 11.8 Å². The van der Waals surface area contributed by atoms with Crippen LogP contribution in [0.3, 0.4) is 0 Å². The lowest BCUT2D eigenvalue weighted by Gasteiger charge is -2.46. The van der Waals surface area contributed by atoms with Crippen molar-refractivity contribution in [2.24, 2.45) is 0 Å². The van der Waals surface area contributed by atoms with Gasteiger partial charge in [-0.2, -0.15) is 0 Å². The molecule has 2 aromatic carbocycles. The normalized spacial score (nSPS) is 21.1. The first-order chi connectivity index (χ1) is 22.9. The topological polar surface area (TPSA) is 66.5 Å². The molecule has 2 aromatic rings. The third-order valence-electron chi connectivity index (χ3n) is 8.46. The molecule has 1 heterocycles. The minimum atomic E-state index is -0.170. The second kappa shape index (κ2) is 22.5. The number of hydrogen-bond donors (Lipinski definition) is 0. The Morgan fingerprint density at radius 2 is 1.32 bits per heavy atom. The number of amides is 1. The van der Waals surface area contributed by atoms with E-state index >= 15 is 0 Å². The standard InChI is InChI=1S/C39H61NO6S/c1-7-11-22-42-28-34-36(43-23-12-8-2)37(44-24-13-9-3)38(45-25-14-10-4)39(47-34)32-17-15-16-31(27-32)26-30-18-20-33(21-19-30)46-29-35(41)40(5)6/h15-21,27,34,36-39H,7-14,22-26,28-29H2,1-6H3/t34-,36-,37+,38-,39+/m1/s1. The SMILES string of the molecule is CCCCOC[C@H]1S[C@@H](c2cccc(Cc3ccc(OCC(=O)N(C)C)cc3)c2)[C@H](OCCCC)[C@@H](OCCCC)[C@@H]1OCCCC. The Morgan fingerprint density at radius 3 is 1.94 bits per heavy atom. The molecule has 0 radical (unpaired) electrons. The Bertz CT molecular complexity index is 1130. The summed E-state index contributed by atoms with van der Waals surface area (Å²) in [7, 11) is 3.46. The highest BCUT2D eigenvalue weighted by Gasteiger charge is 2.48. The van der Waals surface area contributed by atoms with Crippen molar-refractivity contribution in [2.75, 3.05) is 53.7 Å². The summed E-state index contributed by atoms with van der Waals surface area (Å²) in [6.07, 6.45) is 8.91. The van der Waals surface area contributed by atoms with Crippen LogP contribution in [-0.4, -0.2) is 88.1 Å². The van der Waals surface area contributed by atoms with E-state index < -0.39 is 0 Å². The molecule has 7 nitrogen and oxygen atoms in total. The minimum Gasteiger partial charge on any atom is -0.484 e. The predicted octanol–water partition coefficient (Wildman–Crippen LogP) is 8.27. The molecule has 0 bridgehead atoms. The van der Waals surface area contributed by atoms with Crippen molar-refractivity contribution in [3.63, 3.8) is 0 Å². The van der Waals surface area contributed by atoms with E-state index in [0.717, 1.165) is 71.0 Å². The van der Waals surface area contributed by atoms with Gasteiger partial charge in [-0.25, -0.2) is 0 Å². The van der Waals surface area contributed by atoms with Gasteiger partial charge in [0.1, 0.15) is 24.1 Å². The van der Waals surface area contributed by atoms with E-state index in [-0.39, 0.29) is 41.3 Å². The number of hydrogen-bond acceptors (Lipinski definition) is 7. The zero-order chi connectivity index (χ0) is 33.9. The van der Waals surface area contributed by atoms with Crippen molar-refractivity contribution >= 4 is 17.7 Å². The van der Waals surface area contributed by atoms with E-state index in [9.17, 15) is 4.79 Å². The molecule has 3 rings (SSSR count). The van der Waals surface area contributed by atoms with Crippen molar-refractivity contribution in [3.05, 3.63) is 65.2 Å². The number of ether oxygens (including phenoxy) is 5. The smallest absolute Gasteiger partial charge is 0.259 e. The van der Waals surface area contributed by atoms with Crippen molar-refractivity contribution in [2.45, 2.75) is 114 Å². The molecule has 0 N–H and O–H groups in total. The van der Waals surface area contributed by atoms with Gasteiger partial charge in [-0.05, 0) is 60.9 Å². The highest BCUT2D eigenvalue weighted by Crippen LogP contribution is 2.47. The Morgan fingerprint density at radius 1 is 0.723 bits per heavy atom. The van der Waals surface area contributed by atoms with Crippen LogP contribution in [0, 0.1) is 0 Å². The highest BCUT2D eigenvalue weighted by atomic mass is 32.2. The number of nitrogens with zero attached hydrogens (tertiary/aromatic N) is 1. The van der Waals surface area contributed by atoms with Crippen LogP contribution in [0.1, 0.15) is 101 Å². The van der Waals surface area contributed by atoms with Crippen molar-refractivity contribution in [3.8, 4) is 5.75 Å². The molecule has 1 fully saturated rings. The molecular weight excluding hydrogens is 610 g/mol. The molecule has 8 heteroatoms. The number of rotatable bonds is 23. The van der Waals surface area contributed by atoms with E-state index in [1.807, 2.05) is 23.9 Å². The molecule has 0 unspecified atom stereocenters. The van der Waals surface area contributed by atoms with Gasteiger partial charge in [-0.1, -0.05) is 89.8 Å². The first kappa shape index (κ1) is 39.3. The van der Waals surface area contributed by atoms with E-state index in [0.29, 0.717) is 25.6 Å². The fraction of sp³-hybridized carbons (Fsp3) is 0.667. The summed E-state index contributed by atoms with van der Waals surface area (Å²) in [5.74, 6) is 0.635.